The van der Waals surface area contributed by atoms with Gasteiger partial charge >= 0.3 is 0 Å². The van der Waals surface area contributed by atoms with Crippen molar-refractivity contribution in [3.63, 3.8) is 0 Å². The summed E-state index contributed by atoms with van der Waals surface area (Å²) in [5, 5.41) is 5.96. The molecule has 2 aromatic rings. The molecular formula is C9H7BrN2S. The molecule has 0 unspecified atom stereocenters. The van der Waals surface area contributed by atoms with Crippen LogP contribution in [0.5, 0.6) is 0 Å². The maximum Gasteiger partial charge on any atom is 0.105 e. The van der Waals surface area contributed by atoms with Crippen LogP contribution < -0.4 is 0 Å². The molecule has 1 heterocycles. The van der Waals surface area contributed by atoms with Gasteiger partial charge in [0.1, 0.15) is 5.69 Å². The zero-order valence-electron chi connectivity index (χ0n) is 6.99. The fourth-order valence-electron chi connectivity index (χ4n) is 1.09. The van der Waals surface area contributed by atoms with Crippen LogP contribution in [0.1, 0.15) is 5.56 Å². The lowest BCUT2D eigenvalue weighted by atomic mass is 10.1. The van der Waals surface area contributed by atoms with E-state index in [4.69, 9.17) is 0 Å². The molecule has 1 aromatic carbocycles. The molecule has 0 fully saturated rings. The van der Waals surface area contributed by atoms with Gasteiger partial charge in [-0.15, -0.1) is 5.10 Å². The molecular weight excluding hydrogens is 248 g/mol. The van der Waals surface area contributed by atoms with Crippen molar-refractivity contribution in [2.45, 2.75) is 6.92 Å². The number of hydrogen-bond donors (Lipinski definition) is 0. The summed E-state index contributed by atoms with van der Waals surface area (Å²) in [5.74, 6) is 0. The Kier molecular flexibility index (Phi) is 2.42. The number of halogens is 1. The molecule has 0 saturated heterocycles. The SMILES string of the molecule is Cc1cc(-c2csnn2)ccc1Br. The van der Waals surface area contributed by atoms with E-state index in [1.807, 2.05) is 17.5 Å². The zero-order valence-corrected chi connectivity index (χ0v) is 9.39. The van der Waals surface area contributed by atoms with Crippen LogP contribution in [-0.4, -0.2) is 9.59 Å². The lowest BCUT2D eigenvalue weighted by Gasteiger charge is -1.99. The van der Waals surface area contributed by atoms with Gasteiger partial charge in [0.25, 0.3) is 0 Å². The molecule has 0 N–H and O–H groups in total. The summed E-state index contributed by atoms with van der Waals surface area (Å²) in [4.78, 5) is 0. The van der Waals surface area contributed by atoms with Gasteiger partial charge in [-0.05, 0) is 36.2 Å². The van der Waals surface area contributed by atoms with Gasteiger partial charge < -0.3 is 0 Å². The minimum atomic E-state index is 0.945. The average molecular weight is 255 g/mol. The quantitative estimate of drug-likeness (QED) is 0.781. The third-order valence-electron chi connectivity index (χ3n) is 1.81. The normalized spacial score (nSPS) is 10.3. The van der Waals surface area contributed by atoms with Gasteiger partial charge in [0.15, 0.2) is 0 Å². The highest BCUT2D eigenvalue weighted by molar-refractivity contribution is 9.10. The van der Waals surface area contributed by atoms with Crippen molar-refractivity contribution in [3.05, 3.63) is 33.6 Å². The van der Waals surface area contributed by atoms with Crippen molar-refractivity contribution in [2.75, 3.05) is 0 Å². The first-order chi connectivity index (χ1) is 6.27. The summed E-state index contributed by atoms with van der Waals surface area (Å²) in [6, 6.07) is 6.17. The lowest BCUT2D eigenvalue weighted by Crippen LogP contribution is -1.81. The average Bonchev–Trinajstić information content (AvgIpc) is 2.62. The van der Waals surface area contributed by atoms with Crippen LogP contribution in [0.2, 0.25) is 0 Å². The molecule has 2 nitrogen and oxygen atoms in total. The van der Waals surface area contributed by atoms with Crippen molar-refractivity contribution in [1.82, 2.24) is 9.59 Å². The first-order valence-corrected chi connectivity index (χ1v) is 5.44. The van der Waals surface area contributed by atoms with Crippen LogP contribution >= 0.6 is 27.5 Å². The Morgan fingerprint density at radius 1 is 1.38 bits per heavy atom. The third kappa shape index (κ3) is 1.78. The van der Waals surface area contributed by atoms with E-state index >= 15 is 0 Å². The van der Waals surface area contributed by atoms with E-state index in [0.717, 1.165) is 15.7 Å². The number of aryl methyl sites for hydroxylation is 1. The Morgan fingerprint density at radius 2 is 2.23 bits per heavy atom. The fraction of sp³-hybridized carbons (Fsp3) is 0.111. The van der Waals surface area contributed by atoms with E-state index in [2.05, 4.69) is 38.5 Å². The highest BCUT2D eigenvalue weighted by Gasteiger charge is 2.02. The van der Waals surface area contributed by atoms with E-state index in [1.54, 1.807) is 0 Å². The molecule has 0 radical (unpaired) electrons. The van der Waals surface area contributed by atoms with Gasteiger partial charge in [-0.2, -0.15) is 0 Å². The van der Waals surface area contributed by atoms with Gasteiger partial charge in [-0.25, -0.2) is 0 Å². The second-order valence-corrected chi connectivity index (χ2v) is 4.22. The largest absolute Gasteiger partial charge is 0.138 e. The number of aromatic nitrogens is 2. The number of hydrogen-bond acceptors (Lipinski definition) is 3. The smallest absolute Gasteiger partial charge is 0.105 e. The van der Waals surface area contributed by atoms with Gasteiger partial charge in [0, 0.05) is 15.4 Å². The summed E-state index contributed by atoms with van der Waals surface area (Å²) in [5.41, 5.74) is 3.28. The molecule has 0 atom stereocenters. The van der Waals surface area contributed by atoms with Crippen molar-refractivity contribution in [3.8, 4) is 11.3 Å². The molecule has 0 aliphatic heterocycles. The van der Waals surface area contributed by atoms with Crippen molar-refractivity contribution in [2.24, 2.45) is 0 Å². The van der Waals surface area contributed by atoms with Crippen molar-refractivity contribution < 1.29 is 0 Å². The van der Waals surface area contributed by atoms with Crippen LogP contribution in [0.15, 0.2) is 28.1 Å². The molecule has 0 spiro atoms. The Balaban J connectivity index is 2.49. The molecule has 13 heavy (non-hydrogen) atoms. The summed E-state index contributed by atoms with van der Waals surface area (Å²) in [6.45, 7) is 2.06. The highest BCUT2D eigenvalue weighted by atomic mass is 79.9. The Labute approximate surface area is 88.9 Å². The van der Waals surface area contributed by atoms with Crippen molar-refractivity contribution >= 4 is 27.5 Å². The molecule has 0 aliphatic rings. The molecule has 4 heteroatoms. The van der Waals surface area contributed by atoms with E-state index in [9.17, 15) is 0 Å². The maximum absolute atomic E-state index is 4.01. The van der Waals surface area contributed by atoms with Gasteiger partial charge in [-0.3, -0.25) is 0 Å². The molecule has 0 aliphatic carbocycles. The number of nitrogens with zero attached hydrogens (tertiary/aromatic N) is 2. The predicted molar refractivity (Wildman–Crippen MR) is 57.8 cm³/mol. The second-order valence-electron chi connectivity index (χ2n) is 2.75. The van der Waals surface area contributed by atoms with Crippen LogP contribution in [0.25, 0.3) is 11.3 Å². The van der Waals surface area contributed by atoms with E-state index < -0.39 is 0 Å². The first-order valence-electron chi connectivity index (χ1n) is 3.81. The molecule has 1 aromatic heterocycles. The van der Waals surface area contributed by atoms with Crippen LogP contribution in [0.4, 0.5) is 0 Å². The van der Waals surface area contributed by atoms with Crippen LogP contribution in [-0.2, 0) is 0 Å². The third-order valence-corrected chi connectivity index (χ3v) is 3.21. The number of rotatable bonds is 1. The van der Waals surface area contributed by atoms with Gasteiger partial charge in [-0.1, -0.05) is 26.5 Å². The number of benzene rings is 1. The minimum Gasteiger partial charge on any atom is -0.138 e. The van der Waals surface area contributed by atoms with Crippen LogP contribution in [0, 0.1) is 6.92 Å². The predicted octanol–water partition coefficient (Wildman–Crippen LogP) is 3.28. The molecule has 0 amide bonds. The van der Waals surface area contributed by atoms with E-state index in [1.165, 1.54) is 17.1 Å². The highest BCUT2D eigenvalue weighted by Crippen LogP contribution is 2.23. The monoisotopic (exact) mass is 254 g/mol. The van der Waals surface area contributed by atoms with E-state index in [0.29, 0.717) is 0 Å². The maximum atomic E-state index is 4.01. The van der Waals surface area contributed by atoms with Crippen LogP contribution in [0.3, 0.4) is 0 Å². The fourth-order valence-corrected chi connectivity index (χ4v) is 1.81. The Hall–Kier alpha value is -0.740. The molecule has 0 saturated carbocycles. The second kappa shape index (κ2) is 3.55. The van der Waals surface area contributed by atoms with Crippen molar-refractivity contribution in [1.29, 1.82) is 0 Å². The Bertz CT molecular complexity index is 412. The summed E-state index contributed by atoms with van der Waals surface area (Å²) in [7, 11) is 0. The summed E-state index contributed by atoms with van der Waals surface area (Å²) >= 11 is 4.83. The molecule has 2 rings (SSSR count). The van der Waals surface area contributed by atoms with Gasteiger partial charge in [0.2, 0.25) is 0 Å². The molecule has 0 bridgehead atoms. The van der Waals surface area contributed by atoms with Gasteiger partial charge in [0.05, 0.1) is 0 Å². The lowest BCUT2D eigenvalue weighted by molar-refractivity contribution is 1.16. The summed E-state index contributed by atoms with van der Waals surface area (Å²) in [6.07, 6.45) is 0. The zero-order chi connectivity index (χ0) is 9.26. The first kappa shape index (κ1) is 8.84. The molecule has 66 valence electrons. The Morgan fingerprint density at radius 3 is 2.85 bits per heavy atom. The minimum absolute atomic E-state index is 0.945. The van der Waals surface area contributed by atoms with E-state index in [-0.39, 0.29) is 0 Å². The standard InChI is InChI=1S/C9H7BrN2S/c1-6-4-7(2-3-8(6)10)9-5-13-12-11-9/h2-5H,1H3. The topological polar surface area (TPSA) is 25.8 Å². The summed E-state index contributed by atoms with van der Waals surface area (Å²) < 4.78 is 4.96.